The zero-order chi connectivity index (χ0) is 13.8. The molecule has 0 unspecified atom stereocenters. The Morgan fingerprint density at radius 3 is 2.63 bits per heavy atom. The summed E-state index contributed by atoms with van der Waals surface area (Å²) in [5.74, 6) is 0.0963. The molecule has 0 atom stereocenters. The minimum atomic E-state index is 0.0963. The second-order valence-corrected chi connectivity index (χ2v) is 4.41. The van der Waals surface area contributed by atoms with Crippen molar-refractivity contribution in [2.45, 2.75) is 20.4 Å². The first-order valence-electron chi connectivity index (χ1n) is 6.52. The summed E-state index contributed by atoms with van der Waals surface area (Å²) in [6.45, 7) is 5.69. The highest BCUT2D eigenvalue weighted by molar-refractivity contribution is 5.97. The number of rotatable bonds is 5. The van der Waals surface area contributed by atoms with Gasteiger partial charge in [0.15, 0.2) is 6.29 Å². The van der Waals surface area contributed by atoms with Gasteiger partial charge < -0.3 is 9.47 Å². The molecule has 1 amide bonds. The molecule has 0 aliphatic rings. The number of nitrogens with zero attached hydrogens (tertiary/aromatic N) is 2. The van der Waals surface area contributed by atoms with Crippen molar-refractivity contribution in [2.24, 2.45) is 0 Å². The summed E-state index contributed by atoms with van der Waals surface area (Å²) in [5.41, 5.74) is 1.58. The number of aldehydes is 1. The molecule has 0 radical (unpaired) electrons. The van der Waals surface area contributed by atoms with E-state index in [1.54, 1.807) is 11.0 Å². The van der Waals surface area contributed by atoms with Gasteiger partial charge in [-0.3, -0.25) is 9.59 Å². The van der Waals surface area contributed by atoms with Crippen LogP contribution in [0.3, 0.4) is 0 Å². The third-order valence-corrected chi connectivity index (χ3v) is 3.40. The lowest BCUT2D eigenvalue weighted by Gasteiger charge is -2.19. The Morgan fingerprint density at radius 2 is 2.00 bits per heavy atom. The molecule has 0 aliphatic carbocycles. The minimum absolute atomic E-state index is 0.0963. The first-order chi connectivity index (χ1) is 9.21. The van der Waals surface area contributed by atoms with Gasteiger partial charge in [-0.2, -0.15) is 0 Å². The molecule has 100 valence electrons. The molecular weight excluding hydrogens is 240 g/mol. The first-order valence-corrected chi connectivity index (χ1v) is 6.52. The fourth-order valence-corrected chi connectivity index (χ4v) is 2.31. The van der Waals surface area contributed by atoms with Crippen LogP contribution in [0, 0.1) is 0 Å². The Kier molecular flexibility index (Phi) is 4.00. The largest absolute Gasteiger partial charge is 0.342 e. The van der Waals surface area contributed by atoms with Crippen molar-refractivity contribution >= 4 is 23.1 Å². The summed E-state index contributed by atoms with van der Waals surface area (Å²) in [7, 11) is 0. The van der Waals surface area contributed by atoms with Crippen LogP contribution in [0.2, 0.25) is 0 Å². The lowest BCUT2D eigenvalue weighted by atomic mass is 10.1. The van der Waals surface area contributed by atoms with Crippen molar-refractivity contribution in [2.75, 3.05) is 13.1 Å². The minimum Gasteiger partial charge on any atom is -0.342 e. The van der Waals surface area contributed by atoms with E-state index in [9.17, 15) is 9.59 Å². The SMILES string of the molecule is CCN(CC)C(=O)Cn1ccc2c(C=O)cccc21. The van der Waals surface area contributed by atoms with Gasteiger partial charge >= 0.3 is 0 Å². The second kappa shape index (κ2) is 5.69. The molecule has 0 fully saturated rings. The molecule has 2 aromatic rings. The second-order valence-electron chi connectivity index (χ2n) is 4.41. The molecule has 4 nitrogen and oxygen atoms in total. The molecule has 1 aromatic carbocycles. The zero-order valence-corrected chi connectivity index (χ0v) is 11.3. The van der Waals surface area contributed by atoms with Gasteiger partial charge in [-0.15, -0.1) is 0 Å². The summed E-state index contributed by atoms with van der Waals surface area (Å²) in [5, 5.41) is 0.893. The molecular formula is C15H18N2O2. The van der Waals surface area contributed by atoms with Crippen molar-refractivity contribution in [3.05, 3.63) is 36.0 Å². The van der Waals surface area contributed by atoms with Crippen molar-refractivity contribution in [1.29, 1.82) is 0 Å². The van der Waals surface area contributed by atoms with Gasteiger partial charge in [0.05, 0.1) is 0 Å². The maximum absolute atomic E-state index is 12.1. The molecule has 0 spiro atoms. The zero-order valence-electron chi connectivity index (χ0n) is 11.3. The predicted octanol–water partition coefficient (Wildman–Crippen LogP) is 2.32. The van der Waals surface area contributed by atoms with Crippen molar-refractivity contribution in [3.8, 4) is 0 Å². The lowest BCUT2D eigenvalue weighted by Crippen LogP contribution is -2.33. The molecule has 1 aromatic heterocycles. The predicted molar refractivity (Wildman–Crippen MR) is 75.3 cm³/mol. The molecule has 1 heterocycles. The fraction of sp³-hybridized carbons (Fsp3) is 0.333. The van der Waals surface area contributed by atoms with Gasteiger partial charge in [-0.25, -0.2) is 0 Å². The number of hydrogen-bond donors (Lipinski definition) is 0. The normalized spacial score (nSPS) is 10.6. The summed E-state index contributed by atoms with van der Waals surface area (Å²) in [6, 6.07) is 7.43. The molecule has 0 bridgehead atoms. The molecule has 2 rings (SSSR count). The topological polar surface area (TPSA) is 42.3 Å². The van der Waals surface area contributed by atoms with E-state index in [4.69, 9.17) is 0 Å². The van der Waals surface area contributed by atoms with E-state index < -0.39 is 0 Å². The molecule has 0 aliphatic heterocycles. The van der Waals surface area contributed by atoms with Gasteiger partial charge in [-0.1, -0.05) is 12.1 Å². The smallest absolute Gasteiger partial charge is 0.242 e. The van der Waals surface area contributed by atoms with E-state index in [2.05, 4.69) is 0 Å². The van der Waals surface area contributed by atoms with E-state index in [-0.39, 0.29) is 5.91 Å². The number of carbonyl (C=O) groups excluding carboxylic acids is 2. The van der Waals surface area contributed by atoms with Crippen LogP contribution in [-0.4, -0.2) is 34.7 Å². The van der Waals surface area contributed by atoms with Crippen LogP contribution >= 0.6 is 0 Å². The van der Waals surface area contributed by atoms with E-state index in [1.807, 2.05) is 42.8 Å². The Bertz CT molecular complexity index is 597. The fourth-order valence-electron chi connectivity index (χ4n) is 2.31. The molecule has 0 N–H and O–H groups in total. The van der Waals surface area contributed by atoms with Gasteiger partial charge in [-0.05, 0) is 26.0 Å². The average molecular weight is 258 g/mol. The third kappa shape index (κ3) is 2.52. The number of benzene rings is 1. The number of carbonyl (C=O) groups is 2. The van der Waals surface area contributed by atoms with Crippen LogP contribution in [0.4, 0.5) is 0 Å². The summed E-state index contributed by atoms with van der Waals surface area (Å²) in [6.07, 6.45) is 2.71. The lowest BCUT2D eigenvalue weighted by molar-refractivity contribution is -0.131. The Hall–Kier alpha value is -2.10. The van der Waals surface area contributed by atoms with Crippen LogP contribution in [0.1, 0.15) is 24.2 Å². The highest BCUT2D eigenvalue weighted by Crippen LogP contribution is 2.19. The maximum Gasteiger partial charge on any atom is 0.242 e. The van der Waals surface area contributed by atoms with Crippen LogP contribution < -0.4 is 0 Å². The molecule has 4 heteroatoms. The van der Waals surface area contributed by atoms with E-state index in [0.717, 1.165) is 17.2 Å². The van der Waals surface area contributed by atoms with Crippen LogP contribution in [0.25, 0.3) is 10.9 Å². The Morgan fingerprint density at radius 1 is 1.26 bits per heavy atom. The monoisotopic (exact) mass is 258 g/mol. The molecule has 0 saturated carbocycles. The Balaban J connectivity index is 2.32. The molecule has 19 heavy (non-hydrogen) atoms. The van der Waals surface area contributed by atoms with E-state index in [0.29, 0.717) is 25.2 Å². The Labute approximate surface area is 112 Å². The number of hydrogen-bond acceptors (Lipinski definition) is 2. The van der Waals surface area contributed by atoms with Crippen molar-refractivity contribution in [1.82, 2.24) is 9.47 Å². The average Bonchev–Trinajstić information content (AvgIpc) is 2.83. The standard InChI is InChI=1S/C15H18N2O2/c1-3-16(4-2)15(19)10-17-9-8-13-12(11-18)6-5-7-14(13)17/h5-9,11H,3-4,10H2,1-2H3. The van der Waals surface area contributed by atoms with Gasteiger partial charge in [0, 0.05) is 35.8 Å². The highest BCUT2D eigenvalue weighted by Gasteiger charge is 2.12. The van der Waals surface area contributed by atoms with Crippen LogP contribution in [-0.2, 0) is 11.3 Å². The number of fused-ring (bicyclic) bond motifs is 1. The first kappa shape index (κ1) is 13.3. The number of likely N-dealkylation sites (N-methyl/N-ethyl adjacent to an activating group) is 1. The van der Waals surface area contributed by atoms with Crippen molar-refractivity contribution in [3.63, 3.8) is 0 Å². The van der Waals surface area contributed by atoms with E-state index >= 15 is 0 Å². The molecule has 0 saturated heterocycles. The van der Waals surface area contributed by atoms with Crippen LogP contribution in [0.5, 0.6) is 0 Å². The summed E-state index contributed by atoms with van der Waals surface area (Å²) in [4.78, 5) is 24.9. The number of aromatic nitrogens is 1. The number of amides is 1. The van der Waals surface area contributed by atoms with E-state index in [1.165, 1.54) is 0 Å². The summed E-state index contributed by atoms with van der Waals surface area (Å²) < 4.78 is 1.89. The van der Waals surface area contributed by atoms with Gasteiger partial charge in [0.25, 0.3) is 0 Å². The van der Waals surface area contributed by atoms with Crippen molar-refractivity contribution < 1.29 is 9.59 Å². The quantitative estimate of drug-likeness (QED) is 0.772. The van der Waals surface area contributed by atoms with Crippen LogP contribution in [0.15, 0.2) is 30.5 Å². The maximum atomic E-state index is 12.1. The van der Waals surface area contributed by atoms with Gasteiger partial charge in [0.1, 0.15) is 6.54 Å². The van der Waals surface area contributed by atoms with Gasteiger partial charge in [0.2, 0.25) is 5.91 Å². The highest BCUT2D eigenvalue weighted by atomic mass is 16.2. The third-order valence-electron chi connectivity index (χ3n) is 3.40. The summed E-state index contributed by atoms with van der Waals surface area (Å²) >= 11 is 0.